The number of ether oxygens (including phenoxy) is 1. The highest BCUT2D eigenvalue weighted by molar-refractivity contribution is 6.32. The minimum atomic E-state index is -0.0617. The molecule has 0 aromatic heterocycles. The number of rotatable bonds is 7. The van der Waals surface area contributed by atoms with Crippen LogP contribution >= 0.6 is 11.6 Å². The first-order chi connectivity index (χ1) is 11.9. The number of halogens is 1. The van der Waals surface area contributed by atoms with Crippen LogP contribution in [-0.4, -0.2) is 19.6 Å². The zero-order valence-corrected chi connectivity index (χ0v) is 15.9. The highest BCUT2D eigenvalue weighted by atomic mass is 35.5. The molecule has 0 saturated carbocycles. The summed E-state index contributed by atoms with van der Waals surface area (Å²) in [5, 5.41) is 6.73. The number of benzene rings is 2. The van der Waals surface area contributed by atoms with Crippen LogP contribution in [-0.2, 0) is 4.79 Å². The molecule has 2 N–H and O–H groups in total. The van der Waals surface area contributed by atoms with E-state index < -0.39 is 0 Å². The summed E-state index contributed by atoms with van der Waals surface area (Å²) < 4.78 is 5.11. The Kier molecular flexibility index (Phi) is 6.71. The maximum absolute atomic E-state index is 12.1. The Morgan fingerprint density at radius 3 is 2.64 bits per heavy atom. The molecule has 1 amide bonds. The maximum Gasteiger partial charge on any atom is 0.226 e. The van der Waals surface area contributed by atoms with Crippen molar-refractivity contribution in [3.63, 3.8) is 0 Å². The fraction of sp³-hybridized carbons (Fsp3) is 0.350. The fourth-order valence-electron chi connectivity index (χ4n) is 2.68. The molecule has 0 aliphatic rings. The van der Waals surface area contributed by atoms with E-state index in [1.165, 1.54) is 11.1 Å². The maximum atomic E-state index is 12.1. The van der Waals surface area contributed by atoms with E-state index >= 15 is 0 Å². The Labute approximate surface area is 154 Å². The lowest BCUT2D eigenvalue weighted by molar-refractivity contribution is -0.115. The monoisotopic (exact) mass is 360 g/mol. The molecular weight excluding hydrogens is 336 g/mol. The number of carbonyl (C=O) groups excluding carboxylic acids is 1. The molecule has 4 nitrogen and oxygen atoms in total. The molecule has 2 aromatic carbocycles. The van der Waals surface area contributed by atoms with Gasteiger partial charge in [0.2, 0.25) is 5.91 Å². The summed E-state index contributed by atoms with van der Waals surface area (Å²) in [4.78, 5) is 12.1. The summed E-state index contributed by atoms with van der Waals surface area (Å²) in [5.74, 6) is 0.952. The van der Waals surface area contributed by atoms with Gasteiger partial charge >= 0.3 is 0 Å². The lowest BCUT2D eigenvalue weighted by Crippen LogP contribution is -2.17. The molecule has 0 spiro atoms. The standard InChI is InChI=1S/C20H25ClN2O2/c1-13(2)16-7-5-6-14(3)20(16)22-11-10-19(24)23-15-8-9-18(25-4)17(21)12-15/h5-9,12-13,22H,10-11H2,1-4H3,(H,23,24). The Bertz CT molecular complexity index is 744. The molecule has 0 saturated heterocycles. The lowest BCUT2D eigenvalue weighted by Gasteiger charge is -2.17. The van der Waals surface area contributed by atoms with Gasteiger partial charge in [-0.05, 0) is 42.2 Å². The first kappa shape index (κ1) is 19.1. The molecule has 5 heteroatoms. The number of methoxy groups -OCH3 is 1. The van der Waals surface area contributed by atoms with Crippen LogP contribution in [0.5, 0.6) is 5.75 Å². The van der Waals surface area contributed by atoms with Crippen LogP contribution < -0.4 is 15.4 Å². The number of nitrogens with one attached hydrogen (secondary N) is 2. The number of para-hydroxylation sites is 1. The van der Waals surface area contributed by atoms with Crippen LogP contribution in [0.2, 0.25) is 5.02 Å². The zero-order chi connectivity index (χ0) is 18.4. The molecule has 0 atom stereocenters. The van der Waals surface area contributed by atoms with Gasteiger partial charge in [-0.1, -0.05) is 43.6 Å². The Morgan fingerprint density at radius 2 is 2.00 bits per heavy atom. The molecule has 134 valence electrons. The second kappa shape index (κ2) is 8.77. The van der Waals surface area contributed by atoms with Crippen molar-refractivity contribution in [1.29, 1.82) is 0 Å². The molecule has 2 aromatic rings. The topological polar surface area (TPSA) is 50.4 Å². The third-order valence-corrected chi connectivity index (χ3v) is 4.31. The average molecular weight is 361 g/mol. The number of hydrogen-bond acceptors (Lipinski definition) is 3. The number of carbonyl (C=O) groups is 1. The SMILES string of the molecule is COc1ccc(NC(=O)CCNc2c(C)cccc2C(C)C)cc1Cl. The summed E-state index contributed by atoms with van der Waals surface area (Å²) in [7, 11) is 1.56. The van der Waals surface area contributed by atoms with Crippen molar-refractivity contribution < 1.29 is 9.53 Å². The van der Waals surface area contributed by atoms with E-state index in [0.29, 0.717) is 35.3 Å². The van der Waals surface area contributed by atoms with Gasteiger partial charge in [0.05, 0.1) is 12.1 Å². The summed E-state index contributed by atoms with van der Waals surface area (Å²) in [6.45, 7) is 6.98. The van der Waals surface area contributed by atoms with Crippen molar-refractivity contribution in [2.75, 3.05) is 24.3 Å². The van der Waals surface area contributed by atoms with E-state index in [2.05, 4.69) is 49.6 Å². The lowest BCUT2D eigenvalue weighted by atomic mass is 9.98. The first-order valence-corrected chi connectivity index (χ1v) is 8.77. The predicted octanol–water partition coefficient (Wildman–Crippen LogP) is 5.22. The third kappa shape index (κ3) is 5.13. The van der Waals surface area contributed by atoms with Crippen molar-refractivity contribution >= 4 is 28.9 Å². The van der Waals surface area contributed by atoms with Crippen molar-refractivity contribution in [2.24, 2.45) is 0 Å². The minimum Gasteiger partial charge on any atom is -0.495 e. The van der Waals surface area contributed by atoms with Crippen molar-refractivity contribution in [3.8, 4) is 5.75 Å². The van der Waals surface area contributed by atoms with Crippen LogP contribution in [0.1, 0.15) is 37.3 Å². The van der Waals surface area contributed by atoms with Gasteiger partial charge in [-0.2, -0.15) is 0 Å². The summed E-state index contributed by atoms with van der Waals surface area (Å²) >= 11 is 6.07. The smallest absolute Gasteiger partial charge is 0.226 e. The van der Waals surface area contributed by atoms with E-state index in [9.17, 15) is 4.79 Å². The van der Waals surface area contributed by atoms with E-state index in [1.54, 1.807) is 25.3 Å². The van der Waals surface area contributed by atoms with E-state index in [1.807, 2.05) is 0 Å². The Balaban J connectivity index is 1.92. The summed E-state index contributed by atoms with van der Waals surface area (Å²) in [6, 6.07) is 11.5. The van der Waals surface area contributed by atoms with E-state index in [0.717, 1.165) is 5.69 Å². The number of aryl methyl sites for hydroxylation is 1. The van der Waals surface area contributed by atoms with Crippen LogP contribution in [0.15, 0.2) is 36.4 Å². The molecule has 0 aliphatic heterocycles. The van der Waals surface area contributed by atoms with Crippen LogP contribution in [0.4, 0.5) is 11.4 Å². The van der Waals surface area contributed by atoms with Gasteiger partial charge in [-0.25, -0.2) is 0 Å². The van der Waals surface area contributed by atoms with Gasteiger partial charge in [0.1, 0.15) is 5.75 Å². The van der Waals surface area contributed by atoms with Crippen LogP contribution in [0.25, 0.3) is 0 Å². The van der Waals surface area contributed by atoms with Gasteiger partial charge < -0.3 is 15.4 Å². The molecule has 0 fully saturated rings. The molecule has 0 aliphatic carbocycles. The quantitative estimate of drug-likeness (QED) is 0.711. The second-order valence-corrected chi connectivity index (χ2v) is 6.68. The van der Waals surface area contributed by atoms with Crippen molar-refractivity contribution in [1.82, 2.24) is 0 Å². The number of anilines is 2. The third-order valence-electron chi connectivity index (χ3n) is 4.02. The molecule has 0 heterocycles. The van der Waals surface area contributed by atoms with Crippen LogP contribution in [0, 0.1) is 6.92 Å². The largest absolute Gasteiger partial charge is 0.495 e. The van der Waals surface area contributed by atoms with E-state index in [-0.39, 0.29) is 5.91 Å². The van der Waals surface area contributed by atoms with Crippen molar-refractivity contribution in [2.45, 2.75) is 33.1 Å². The molecule has 0 radical (unpaired) electrons. The van der Waals surface area contributed by atoms with E-state index in [4.69, 9.17) is 16.3 Å². The fourth-order valence-corrected chi connectivity index (χ4v) is 2.94. The summed E-state index contributed by atoms with van der Waals surface area (Å²) in [5.41, 5.74) is 4.24. The minimum absolute atomic E-state index is 0.0617. The Hall–Kier alpha value is -2.20. The summed E-state index contributed by atoms with van der Waals surface area (Å²) in [6.07, 6.45) is 0.371. The molecular formula is C20H25ClN2O2. The molecule has 2 rings (SSSR count). The average Bonchev–Trinajstić information content (AvgIpc) is 2.56. The first-order valence-electron chi connectivity index (χ1n) is 8.39. The molecule has 25 heavy (non-hydrogen) atoms. The predicted molar refractivity (Wildman–Crippen MR) is 105 cm³/mol. The molecule has 0 bridgehead atoms. The van der Waals surface area contributed by atoms with Gasteiger partial charge in [0.15, 0.2) is 0 Å². The molecule has 0 unspecified atom stereocenters. The Morgan fingerprint density at radius 1 is 1.24 bits per heavy atom. The number of amides is 1. The second-order valence-electron chi connectivity index (χ2n) is 6.27. The van der Waals surface area contributed by atoms with Gasteiger partial charge in [-0.3, -0.25) is 4.79 Å². The highest BCUT2D eigenvalue weighted by Crippen LogP contribution is 2.28. The van der Waals surface area contributed by atoms with Crippen molar-refractivity contribution in [3.05, 3.63) is 52.5 Å². The van der Waals surface area contributed by atoms with Gasteiger partial charge in [0.25, 0.3) is 0 Å². The van der Waals surface area contributed by atoms with Gasteiger partial charge in [-0.15, -0.1) is 0 Å². The zero-order valence-electron chi connectivity index (χ0n) is 15.2. The normalized spacial score (nSPS) is 10.6. The van der Waals surface area contributed by atoms with Gasteiger partial charge in [0, 0.05) is 24.3 Å². The van der Waals surface area contributed by atoms with Crippen LogP contribution in [0.3, 0.4) is 0 Å². The number of hydrogen-bond donors (Lipinski definition) is 2. The highest BCUT2D eigenvalue weighted by Gasteiger charge is 2.10.